The lowest BCUT2D eigenvalue weighted by Crippen LogP contribution is -2.16. The van der Waals surface area contributed by atoms with Crippen LogP contribution in [0.4, 0.5) is 8.78 Å². The molecule has 0 aliphatic carbocycles. The molecule has 1 aromatic carbocycles. The SMILES string of the molecule is Fc1cccc(F)c1COc1nc2nc(OC3CCOC3)[nH]c2cc1Cl. The van der Waals surface area contributed by atoms with Crippen LogP contribution >= 0.6 is 11.6 Å². The number of rotatable bonds is 5. The van der Waals surface area contributed by atoms with E-state index in [0.29, 0.717) is 30.4 Å². The number of imidazole rings is 1. The van der Waals surface area contributed by atoms with Crippen molar-refractivity contribution in [1.82, 2.24) is 15.0 Å². The van der Waals surface area contributed by atoms with Crippen LogP contribution in [0.5, 0.6) is 11.9 Å². The molecule has 1 atom stereocenters. The molecular weight excluding hydrogens is 368 g/mol. The molecule has 1 aliphatic rings. The molecule has 0 spiro atoms. The van der Waals surface area contributed by atoms with Gasteiger partial charge in [0.05, 0.1) is 24.3 Å². The van der Waals surface area contributed by atoms with Gasteiger partial charge in [-0.2, -0.15) is 9.97 Å². The number of H-pyrrole nitrogens is 1. The molecule has 1 fully saturated rings. The molecule has 4 rings (SSSR count). The van der Waals surface area contributed by atoms with Crippen molar-refractivity contribution in [1.29, 1.82) is 0 Å². The molecule has 2 aromatic heterocycles. The quantitative estimate of drug-likeness (QED) is 0.730. The van der Waals surface area contributed by atoms with E-state index in [9.17, 15) is 8.78 Å². The van der Waals surface area contributed by atoms with Crippen molar-refractivity contribution in [3.05, 3.63) is 46.5 Å². The number of benzene rings is 1. The minimum absolute atomic E-state index is 0.0315. The first-order chi connectivity index (χ1) is 12.6. The Bertz CT molecular complexity index is 924. The van der Waals surface area contributed by atoms with Crippen molar-refractivity contribution in [3.8, 4) is 11.9 Å². The van der Waals surface area contributed by atoms with Gasteiger partial charge < -0.3 is 19.2 Å². The molecule has 3 aromatic rings. The van der Waals surface area contributed by atoms with Crippen LogP contribution < -0.4 is 9.47 Å². The lowest BCUT2D eigenvalue weighted by Gasteiger charge is -2.08. The second kappa shape index (κ2) is 7.05. The zero-order chi connectivity index (χ0) is 18.1. The second-order valence-corrected chi connectivity index (χ2v) is 6.19. The maximum Gasteiger partial charge on any atom is 0.296 e. The number of aromatic nitrogens is 3. The maximum atomic E-state index is 13.7. The molecule has 1 aliphatic heterocycles. The van der Waals surface area contributed by atoms with Gasteiger partial charge in [-0.25, -0.2) is 8.78 Å². The summed E-state index contributed by atoms with van der Waals surface area (Å²) < 4.78 is 43.7. The Labute approximate surface area is 152 Å². The Kier molecular flexibility index (Phi) is 4.60. The Morgan fingerprint density at radius 2 is 2.08 bits per heavy atom. The summed E-state index contributed by atoms with van der Waals surface area (Å²) >= 11 is 6.14. The van der Waals surface area contributed by atoms with Crippen LogP contribution in [0.15, 0.2) is 24.3 Å². The average Bonchev–Trinajstić information content (AvgIpc) is 3.24. The summed E-state index contributed by atoms with van der Waals surface area (Å²) in [5, 5.41) is 0.189. The standard InChI is InChI=1S/C17H14ClF2N3O3/c18-11-6-14-15(23-17(21-14)26-9-4-5-24-7-9)22-16(11)25-8-10-12(19)2-1-3-13(10)20/h1-3,6,9H,4-5,7-8H2,(H,21,22,23). The van der Waals surface area contributed by atoms with E-state index >= 15 is 0 Å². The highest BCUT2D eigenvalue weighted by Gasteiger charge is 2.20. The van der Waals surface area contributed by atoms with Crippen LogP contribution in [-0.2, 0) is 11.3 Å². The second-order valence-electron chi connectivity index (χ2n) is 5.78. The highest BCUT2D eigenvalue weighted by Crippen LogP contribution is 2.28. The summed E-state index contributed by atoms with van der Waals surface area (Å²) in [4.78, 5) is 11.4. The van der Waals surface area contributed by atoms with E-state index in [1.165, 1.54) is 6.07 Å². The summed E-state index contributed by atoms with van der Waals surface area (Å²) in [6.45, 7) is 0.817. The highest BCUT2D eigenvalue weighted by atomic mass is 35.5. The topological polar surface area (TPSA) is 69.3 Å². The van der Waals surface area contributed by atoms with Gasteiger partial charge in [0.1, 0.15) is 29.4 Å². The van der Waals surface area contributed by atoms with Crippen LogP contribution in [0, 0.1) is 11.6 Å². The van der Waals surface area contributed by atoms with Crippen molar-refractivity contribution < 1.29 is 23.0 Å². The van der Waals surface area contributed by atoms with Crippen molar-refractivity contribution in [2.45, 2.75) is 19.1 Å². The number of aromatic amines is 1. The molecule has 0 saturated carbocycles. The predicted molar refractivity (Wildman–Crippen MR) is 89.4 cm³/mol. The van der Waals surface area contributed by atoms with Crippen molar-refractivity contribution >= 4 is 22.8 Å². The molecule has 26 heavy (non-hydrogen) atoms. The van der Waals surface area contributed by atoms with Crippen LogP contribution in [0.3, 0.4) is 0 Å². The number of halogens is 3. The normalized spacial score (nSPS) is 17.0. The van der Waals surface area contributed by atoms with Gasteiger partial charge in [0.25, 0.3) is 6.01 Å². The van der Waals surface area contributed by atoms with Crippen molar-refractivity contribution in [2.75, 3.05) is 13.2 Å². The average molecular weight is 382 g/mol. The Balaban J connectivity index is 1.54. The lowest BCUT2D eigenvalue weighted by atomic mass is 10.2. The zero-order valence-electron chi connectivity index (χ0n) is 13.5. The van der Waals surface area contributed by atoms with E-state index < -0.39 is 11.6 Å². The first kappa shape index (κ1) is 17.0. The number of nitrogens with one attached hydrogen (secondary N) is 1. The van der Waals surface area contributed by atoms with Gasteiger partial charge in [-0.15, -0.1) is 0 Å². The number of hydrogen-bond donors (Lipinski definition) is 1. The highest BCUT2D eigenvalue weighted by molar-refractivity contribution is 6.32. The fraction of sp³-hybridized carbons (Fsp3) is 0.294. The third-order valence-electron chi connectivity index (χ3n) is 3.95. The first-order valence-corrected chi connectivity index (χ1v) is 8.34. The maximum absolute atomic E-state index is 13.7. The van der Waals surface area contributed by atoms with Gasteiger partial charge >= 0.3 is 0 Å². The van der Waals surface area contributed by atoms with Gasteiger partial charge in [-0.05, 0) is 18.2 Å². The minimum atomic E-state index is -0.698. The smallest absolute Gasteiger partial charge is 0.296 e. The number of fused-ring (bicyclic) bond motifs is 1. The summed E-state index contributed by atoms with van der Waals surface area (Å²) in [7, 11) is 0. The molecular formula is C17H14ClF2N3O3. The molecule has 1 N–H and O–H groups in total. The van der Waals surface area contributed by atoms with E-state index in [-0.39, 0.29) is 29.2 Å². The summed E-state index contributed by atoms with van der Waals surface area (Å²) in [6.07, 6.45) is 0.721. The first-order valence-electron chi connectivity index (χ1n) is 7.96. The summed E-state index contributed by atoms with van der Waals surface area (Å²) in [5.74, 6) is -1.36. The van der Waals surface area contributed by atoms with Gasteiger partial charge in [-0.1, -0.05) is 17.7 Å². The van der Waals surface area contributed by atoms with Gasteiger partial charge in [0.2, 0.25) is 5.88 Å². The fourth-order valence-corrected chi connectivity index (χ4v) is 2.82. The number of nitrogens with zero attached hydrogens (tertiary/aromatic N) is 2. The Hall–Kier alpha value is -2.45. The molecule has 6 nitrogen and oxygen atoms in total. The van der Waals surface area contributed by atoms with E-state index in [1.54, 1.807) is 6.07 Å². The van der Waals surface area contributed by atoms with E-state index in [4.69, 9.17) is 25.8 Å². The third kappa shape index (κ3) is 3.42. The van der Waals surface area contributed by atoms with Crippen LogP contribution in [0.25, 0.3) is 11.2 Å². The molecule has 1 saturated heterocycles. The molecule has 9 heteroatoms. The zero-order valence-corrected chi connectivity index (χ0v) is 14.2. The summed E-state index contributed by atoms with van der Waals surface area (Å²) in [5.41, 5.74) is 0.693. The fourth-order valence-electron chi connectivity index (χ4n) is 2.61. The van der Waals surface area contributed by atoms with Crippen molar-refractivity contribution in [3.63, 3.8) is 0 Å². The van der Waals surface area contributed by atoms with Crippen LogP contribution in [-0.4, -0.2) is 34.3 Å². The largest absolute Gasteiger partial charge is 0.471 e. The van der Waals surface area contributed by atoms with E-state index in [0.717, 1.165) is 18.6 Å². The molecule has 0 radical (unpaired) electrons. The molecule has 0 amide bonds. The summed E-state index contributed by atoms with van der Waals surface area (Å²) in [6, 6.07) is 5.47. The molecule has 1 unspecified atom stereocenters. The Morgan fingerprint density at radius 3 is 2.81 bits per heavy atom. The molecule has 136 valence electrons. The monoisotopic (exact) mass is 381 g/mol. The third-order valence-corrected chi connectivity index (χ3v) is 4.22. The van der Waals surface area contributed by atoms with Gasteiger partial charge in [-0.3, -0.25) is 0 Å². The van der Waals surface area contributed by atoms with Crippen LogP contribution in [0.2, 0.25) is 5.02 Å². The van der Waals surface area contributed by atoms with Crippen molar-refractivity contribution in [2.24, 2.45) is 0 Å². The number of hydrogen-bond acceptors (Lipinski definition) is 5. The number of pyridine rings is 1. The van der Waals surface area contributed by atoms with Gasteiger partial charge in [0, 0.05) is 6.42 Å². The predicted octanol–water partition coefficient (Wildman–Crippen LogP) is 3.64. The number of ether oxygens (including phenoxy) is 3. The van der Waals surface area contributed by atoms with E-state index in [1.807, 2.05) is 0 Å². The minimum Gasteiger partial charge on any atom is -0.471 e. The van der Waals surface area contributed by atoms with Gasteiger partial charge in [0.15, 0.2) is 5.65 Å². The van der Waals surface area contributed by atoms with Crippen LogP contribution in [0.1, 0.15) is 12.0 Å². The molecule has 0 bridgehead atoms. The lowest BCUT2D eigenvalue weighted by molar-refractivity contribution is 0.135. The van der Waals surface area contributed by atoms with E-state index in [2.05, 4.69) is 15.0 Å². The molecule has 3 heterocycles. The Morgan fingerprint density at radius 1 is 1.27 bits per heavy atom.